The molecule has 0 N–H and O–H groups in total. The van der Waals surface area contributed by atoms with E-state index in [1.54, 1.807) is 0 Å². The molecule has 0 radical (unpaired) electrons. The number of carbonyl (C=O) groups is 1. The fourth-order valence-corrected chi connectivity index (χ4v) is 4.06. The zero-order valence-electron chi connectivity index (χ0n) is 14.1. The first-order valence-corrected chi connectivity index (χ1v) is 8.97. The molecule has 1 heterocycles. The maximum Gasteiger partial charge on any atom is 0.246 e. The van der Waals surface area contributed by atoms with E-state index in [9.17, 15) is 4.79 Å². The van der Waals surface area contributed by atoms with E-state index in [0.29, 0.717) is 24.6 Å². The maximum atomic E-state index is 12.3. The van der Waals surface area contributed by atoms with E-state index in [1.165, 1.54) is 25.3 Å². The van der Waals surface area contributed by atoms with Gasteiger partial charge < -0.3 is 14.4 Å². The van der Waals surface area contributed by atoms with Crippen LogP contribution in [0.3, 0.4) is 0 Å². The molecule has 2 saturated carbocycles. The summed E-state index contributed by atoms with van der Waals surface area (Å²) in [6, 6.07) is 8.52. The molecular formula is C20H25NO3. The van der Waals surface area contributed by atoms with Crippen molar-refractivity contribution in [2.75, 3.05) is 13.2 Å². The quantitative estimate of drug-likeness (QED) is 0.753. The lowest BCUT2D eigenvalue weighted by Gasteiger charge is -2.31. The van der Waals surface area contributed by atoms with Gasteiger partial charge in [-0.25, -0.2) is 0 Å². The number of hydrogen-bond acceptors (Lipinski definition) is 3. The van der Waals surface area contributed by atoms with Crippen molar-refractivity contribution in [3.63, 3.8) is 0 Å². The fourth-order valence-electron chi connectivity index (χ4n) is 4.06. The van der Waals surface area contributed by atoms with Crippen LogP contribution in [0.5, 0.6) is 5.75 Å². The molecule has 4 heteroatoms. The summed E-state index contributed by atoms with van der Waals surface area (Å²) in [6.07, 6.45) is 7.58. The lowest BCUT2D eigenvalue weighted by atomic mass is 9.81. The highest BCUT2D eigenvalue weighted by Crippen LogP contribution is 2.63. The lowest BCUT2D eigenvalue weighted by Crippen LogP contribution is -2.36. The molecule has 3 fully saturated rings. The van der Waals surface area contributed by atoms with Gasteiger partial charge >= 0.3 is 0 Å². The molecule has 0 bridgehead atoms. The molecule has 2 atom stereocenters. The zero-order valence-corrected chi connectivity index (χ0v) is 14.1. The lowest BCUT2D eigenvalue weighted by molar-refractivity contribution is -0.128. The Balaban J connectivity index is 1.40. The average Bonchev–Trinajstić information content (AvgIpc) is 3.14. The van der Waals surface area contributed by atoms with Crippen molar-refractivity contribution in [3.05, 3.63) is 42.5 Å². The Morgan fingerprint density at radius 1 is 1.38 bits per heavy atom. The molecule has 1 aromatic rings. The number of rotatable bonds is 6. The van der Waals surface area contributed by atoms with E-state index in [0.717, 1.165) is 30.8 Å². The van der Waals surface area contributed by atoms with Crippen LogP contribution in [0.25, 0.3) is 0 Å². The molecule has 2 unspecified atom stereocenters. The van der Waals surface area contributed by atoms with Crippen LogP contribution >= 0.6 is 0 Å². The van der Waals surface area contributed by atoms with Crippen LogP contribution in [-0.4, -0.2) is 36.2 Å². The average molecular weight is 327 g/mol. The number of hydrogen-bond donors (Lipinski definition) is 0. The zero-order chi connectivity index (χ0) is 16.6. The van der Waals surface area contributed by atoms with E-state index in [1.807, 2.05) is 17.0 Å². The van der Waals surface area contributed by atoms with Gasteiger partial charge in [-0.05, 0) is 48.4 Å². The maximum absolute atomic E-state index is 12.3. The van der Waals surface area contributed by atoms with Gasteiger partial charge in [-0.1, -0.05) is 25.1 Å². The smallest absolute Gasteiger partial charge is 0.246 e. The van der Waals surface area contributed by atoms with Crippen molar-refractivity contribution in [2.45, 2.75) is 50.8 Å². The number of benzene rings is 1. The second-order valence-corrected chi connectivity index (χ2v) is 7.35. The minimum absolute atomic E-state index is 0.0483. The Morgan fingerprint density at radius 2 is 2.17 bits per heavy atom. The number of amides is 1. The molecule has 4 rings (SSSR count). The van der Waals surface area contributed by atoms with Gasteiger partial charge in [-0.2, -0.15) is 0 Å². The molecule has 3 aliphatic rings. The molecule has 128 valence electrons. The van der Waals surface area contributed by atoms with Gasteiger partial charge in [0.05, 0.1) is 13.2 Å². The Bertz CT molecular complexity index is 614. The van der Waals surface area contributed by atoms with E-state index < -0.39 is 0 Å². The van der Waals surface area contributed by atoms with E-state index in [-0.39, 0.29) is 12.0 Å². The van der Waals surface area contributed by atoms with Crippen molar-refractivity contribution >= 4 is 5.91 Å². The Labute approximate surface area is 143 Å². The molecular weight excluding hydrogens is 302 g/mol. The van der Waals surface area contributed by atoms with Gasteiger partial charge in [0.15, 0.2) is 0 Å². The van der Waals surface area contributed by atoms with Crippen molar-refractivity contribution in [1.82, 2.24) is 4.90 Å². The molecule has 1 saturated heterocycles. The first kappa shape index (κ1) is 15.7. The molecule has 2 aliphatic carbocycles. The van der Waals surface area contributed by atoms with Crippen LogP contribution in [0.15, 0.2) is 36.9 Å². The predicted octanol–water partition coefficient (Wildman–Crippen LogP) is 3.31. The first-order valence-electron chi connectivity index (χ1n) is 8.97. The van der Waals surface area contributed by atoms with E-state index >= 15 is 0 Å². The third-order valence-electron chi connectivity index (χ3n) is 5.80. The molecule has 4 nitrogen and oxygen atoms in total. The molecule has 0 aromatic heterocycles. The summed E-state index contributed by atoms with van der Waals surface area (Å²) in [5, 5.41) is 0. The predicted molar refractivity (Wildman–Crippen MR) is 91.7 cm³/mol. The van der Waals surface area contributed by atoms with Crippen LogP contribution in [0.1, 0.15) is 37.7 Å². The highest BCUT2D eigenvalue weighted by atomic mass is 16.5. The van der Waals surface area contributed by atoms with Gasteiger partial charge in [-0.15, -0.1) is 0 Å². The first-order chi connectivity index (χ1) is 11.7. The summed E-state index contributed by atoms with van der Waals surface area (Å²) in [6.45, 7) is 5.79. The van der Waals surface area contributed by atoms with Crippen LogP contribution in [0.2, 0.25) is 0 Å². The summed E-state index contributed by atoms with van der Waals surface area (Å²) in [7, 11) is 0. The Hall–Kier alpha value is -1.81. The monoisotopic (exact) mass is 327 g/mol. The summed E-state index contributed by atoms with van der Waals surface area (Å²) < 4.78 is 11.2. The van der Waals surface area contributed by atoms with Gasteiger partial charge in [0.2, 0.25) is 5.91 Å². The number of carbonyl (C=O) groups excluding carboxylic acids is 1. The minimum atomic E-state index is 0.0483. The largest absolute Gasteiger partial charge is 0.488 e. The van der Waals surface area contributed by atoms with Gasteiger partial charge in [0.25, 0.3) is 0 Å². The van der Waals surface area contributed by atoms with Gasteiger partial charge in [0.1, 0.15) is 11.9 Å². The SMILES string of the molecule is C=CC(=O)N(Cc1ccc(OC2CCOC2)cc1)C1CC12CCC2. The van der Waals surface area contributed by atoms with Crippen molar-refractivity contribution in [1.29, 1.82) is 0 Å². The van der Waals surface area contributed by atoms with Crippen molar-refractivity contribution < 1.29 is 14.3 Å². The molecule has 1 amide bonds. The summed E-state index contributed by atoms with van der Waals surface area (Å²) in [5.41, 5.74) is 1.58. The Morgan fingerprint density at radius 3 is 2.71 bits per heavy atom. The van der Waals surface area contributed by atoms with E-state index in [4.69, 9.17) is 9.47 Å². The molecule has 24 heavy (non-hydrogen) atoms. The topological polar surface area (TPSA) is 38.8 Å². The molecule has 1 aromatic carbocycles. The van der Waals surface area contributed by atoms with Crippen molar-refractivity contribution in [3.8, 4) is 5.75 Å². The van der Waals surface area contributed by atoms with E-state index in [2.05, 4.69) is 18.7 Å². The third kappa shape index (κ3) is 2.95. The molecule has 1 spiro atoms. The van der Waals surface area contributed by atoms with Crippen LogP contribution in [0.4, 0.5) is 0 Å². The highest BCUT2D eigenvalue weighted by Gasteiger charge is 2.60. The van der Waals surface area contributed by atoms with Crippen LogP contribution in [0, 0.1) is 5.41 Å². The Kier molecular flexibility index (Phi) is 4.09. The second-order valence-electron chi connectivity index (χ2n) is 7.35. The summed E-state index contributed by atoms with van der Waals surface area (Å²) in [4.78, 5) is 14.3. The summed E-state index contributed by atoms with van der Waals surface area (Å²) >= 11 is 0. The molecule has 1 aliphatic heterocycles. The highest BCUT2D eigenvalue weighted by molar-refractivity contribution is 5.87. The fraction of sp³-hybridized carbons (Fsp3) is 0.550. The minimum Gasteiger partial charge on any atom is -0.488 e. The normalized spacial score (nSPS) is 26.7. The van der Waals surface area contributed by atoms with Gasteiger partial charge in [-0.3, -0.25) is 4.79 Å². The van der Waals surface area contributed by atoms with Crippen LogP contribution in [-0.2, 0) is 16.1 Å². The van der Waals surface area contributed by atoms with Crippen LogP contribution < -0.4 is 4.74 Å². The number of ether oxygens (including phenoxy) is 2. The van der Waals surface area contributed by atoms with Crippen molar-refractivity contribution in [2.24, 2.45) is 5.41 Å². The number of nitrogens with zero attached hydrogens (tertiary/aromatic N) is 1. The second kappa shape index (κ2) is 6.25. The summed E-state index contributed by atoms with van der Waals surface area (Å²) in [5.74, 6) is 0.921. The third-order valence-corrected chi connectivity index (χ3v) is 5.80. The standard InChI is InChI=1S/C20H25NO3/c1-2-19(22)21(18-12-20(18)9-3-10-20)13-15-4-6-16(7-5-15)24-17-8-11-23-14-17/h2,4-7,17-18H,1,3,8-14H2. The van der Waals surface area contributed by atoms with Gasteiger partial charge in [0, 0.05) is 19.0 Å².